The van der Waals surface area contributed by atoms with Crippen molar-refractivity contribution in [2.24, 2.45) is 0 Å². The Morgan fingerprint density at radius 2 is 1.82 bits per heavy atom. The zero-order chi connectivity index (χ0) is 20.0. The predicted molar refractivity (Wildman–Crippen MR) is 106 cm³/mol. The van der Waals surface area contributed by atoms with Crippen LogP contribution in [-0.4, -0.2) is 22.0 Å². The van der Waals surface area contributed by atoms with Gasteiger partial charge in [-0.3, -0.25) is 4.79 Å². The molecule has 4 rings (SSSR count). The van der Waals surface area contributed by atoms with Crippen LogP contribution in [0.3, 0.4) is 0 Å². The number of fused-ring (bicyclic) bond motifs is 1. The lowest BCUT2D eigenvalue weighted by Crippen LogP contribution is -2.03. The molecule has 140 valence electrons. The van der Waals surface area contributed by atoms with Gasteiger partial charge in [0.15, 0.2) is 0 Å². The van der Waals surface area contributed by atoms with Crippen molar-refractivity contribution in [3.8, 4) is 11.1 Å². The number of nitrogens with one attached hydrogen (secondary N) is 2. The number of aromatic amines is 1. The second-order valence-corrected chi connectivity index (χ2v) is 6.72. The van der Waals surface area contributed by atoms with Gasteiger partial charge >= 0.3 is 5.97 Å². The summed E-state index contributed by atoms with van der Waals surface area (Å²) in [6.45, 7) is 3.39. The molecule has 0 aliphatic carbocycles. The minimum absolute atomic E-state index is 0.206. The summed E-state index contributed by atoms with van der Waals surface area (Å²) in [5, 5.41) is 12.2. The topological polar surface area (TPSA) is 82.2 Å². The van der Waals surface area contributed by atoms with E-state index in [1.807, 2.05) is 12.1 Å². The normalized spacial score (nSPS) is 14.2. The maximum atomic E-state index is 13.3. The maximum Gasteiger partial charge on any atom is 0.337 e. The lowest BCUT2D eigenvalue weighted by molar-refractivity contribution is -0.110. The van der Waals surface area contributed by atoms with E-state index in [2.05, 4.69) is 10.3 Å². The summed E-state index contributed by atoms with van der Waals surface area (Å²) in [4.78, 5) is 27.2. The first-order chi connectivity index (χ1) is 13.4. The summed E-state index contributed by atoms with van der Waals surface area (Å²) in [7, 11) is 0. The average molecular weight is 376 g/mol. The number of H-pyrrole nitrogens is 1. The van der Waals surface area contributed by atoms with Crippen LogP contribution < -0.4 is 5.32 Å². The molecule has 0 saturated carbocycles. The molecule has 0 unspecified atom stereocenters. The van der Waals surface area contributed by atoms with Crippen LogP contribution >= 0.6 is 0 Å². The highest BCUT2D eigenvalue weighted by Crippen LogP contribution is 2.40. The number of benzene rings is 2. The number of amides is 1. The highest BCUT2D eigenvalue weighted by molar-refractivity contribution is 6.36. The van der Waals surface area contributed by atoms with Crippen molar-refractivity contribution in [1.29, 1.82) is 0 Å². The molecule has 0 bridgehead atoms. The number of hydrogen-bond donors (Lipinski definition) is 3. The van der Waals surface area contributed by atoms with Gasteiger partial charge in [-0.2, -0.15) is 0 Å². The second kappa shape index (κ2) is 6.49. The van der Waals surface area contributed by atoms with Crippen molar-refractivity contribution < 1.29 is 19.1 Å². The van der Waals surface area contributed by atoms with Crippen LogP contribution in [-0.2, 0) is 4.79 Å². The zero-order valence-corrected chi connectivity index (χ0v) is 15.3. The first-order valence-electron chi connectivity index (χ1n) is 8.71. The van der Waals surface area contributed by atoms with Crippen LogP contribution in [0, 0.1) is 19.7 Å². The number of halogens is 1. The molecule has 0 saturated heterocycles. The Balaban J connectivity index is 1.90. The van der Waals surface area contributed by atoms with Gasteiger partial charge in [-0.1, -0.05) is 24.3 Å². The fourth-order valence-electron chi connectivity index (χ4n) is 3.64. The van der Waals surface area contributed by atoms with Crippen LogP contribution in [0.4, 0.5) is 10.1 Å². The van der Waals surface area contributed by atoms with Gasteiger partial charge in [0.25, 0.3) is 5.91 Å². The Morgan fingerprint density at radius 1 is 1.11 bits per heavy atom. The first kappa shape index (κ1) is 17.7. The van der Waals surface area contributed by atoms with Gasteiger partial charge in [-0.15, -0.1) is 0 Å². The van der Waals surface area contributed by atoms with E-state index < -0.39 is 5.97 Å². The molecule has 1 aromatic heterocycles. The lowest BCUT2D eigenvalue weighted by Gasteiger charge is -2.09. The van der Waals surface area contributed by atoms with E-state index in [1.165, 1.54) is 12.1 Å². The Kier molecular flexibility index (Phi) is 4.11. The minimum Gasteiger partial charge on any atom is -0.478 e. The van der Waals surface area contributed by atoms with Gasteiger partial charge in [-0.25, -0.2) is 9.18 Å². The van der Waals surface area contributed by atoms with E-state index in [0.717, 1.165) is 11.1 Å². The molecule has 1 amide bonds. The molecule has 1 aliphatic heterocycles. The highest BCUT2D eigenvalue weighted by Gasteiger charge is 2.28. The minimum atomic E-state index is -1.01. The fraction of sp³-hybridized carbons (Fsp3) is 0.0909. The molecule has 1 aliphatic rings. The standard InChI is InChI=1S/C22H17FN2O3/c1-11-18(24-12(2)19(11)22(27)28)10-16-20-15(13-6-8-14(23)9-7-13)4-3-5-17(20)25-21(16)26/h3-10,24H,1-2H3,(H,25,26)(H,27,28)/b16-10-. The number of aromatic nitrogens is 1. The number of carbonyl (C=O) groups is 2. The van der Waals surface area contributed by atoms with Gasteiger partial charge in [0, 0.05) is 22.6 Å². The number of aromatic carboxylic acids is 1. The Morgan fingerprint density at radius 3 is 2.46 bits per heavy atom. The molecule has 5 nitrogen and oxygen atoms in total. The third-order valence-electron chi connectivity index (χ3n) is 4.96. The number of rotatable bonds is 3. The number of carboxylic acids is 1. The summed E-state index contributed by atoms with van der Waals surface area (Å²) < 4.78 is 13.3. The monoisotopic (exact) mass is 376 g/mol. The van der Waals surface area contributed by atoms with E-state index in [4.69, 9.17) is 0 Å². The Labute approximate surface area is 160 Å². The number of hydrogen-bond acceptors (Lipinski definition) is 2. The number of aryl methyl sites for hydroxylation is 1. The Hall–Kier alpha value is -3.67. The fourth-order valence-corrected chi connectivity index (χ4v) is 3.64. The average Bonchev–Trinajstić information content (AvgIpc) is 3.11. The molecule has 28 heavy (non-hydrogen) atoms. The van der Waals surface area contributed by atoms with E-state index in [-0.39, 0.29) is 17.3 Å². The molecule has 0 spiro atoms. The molecule has 3 aromatic rings. The molecule has 2 aromatic carbocycles. The summed E-state index contributed by atoms with van der Waals surface area (Å²) in [6.07, 6.45) is 1.67. The third-order valence-corrected chi connectivity index (χ3v) is 4.96. The van der Waals surface area contributed by atoms with Crippen molar-refractivity contribution in [1.82, 2.24) is 4.98 Å². The quantitative estimate of drug-likeness (QED) is 0.583. The van der Waals surface area contributed by atoms with Crippen LogP contribution in [0.2, 0.25) is 0 Å². The molecular weight excluding hydrogens is 359 g/mol. The van der Waals surface area contributed by atoms with E-state index in [0.29, 0.717) is 33.8 Å². The summed E-state index contributed by atoms with van der Waals surface area (Å²) in [5.74, 6) is -1.62. The van der Waals surface area contributed by atoms with E-state index in [1.54, 1.807) is 38.1 Å². The van der Waals surface area contributed by atoms with Gasteiger partial charge in [0.2, 0.25) is 0 Å². The van der Waals surface area contributed by atoms with Crippen molar-refractivity contribution in [2.75, 3.05) is 5.32 Å². The largest absolute Gasteiger partial charge is 0.478 e. The van der Waals surface area contributed by atoms with Crippen LogP contribution in [0.25, 0.3) is 22.8 Å². The first-order valence-corrected chi connectivity index (χ1v) is 8.71. The second-order valence-electron chi connectivity index (χ2n) is 6.72. The van der Waals surface area contributed by atoms with Crippen molar-refractivity contribution >= 4 is 29.2 Å². The molecule has 0 fully saturated rings. The summed E-state index contributed by atoms with van der Waals surface area (Å²) in [5.41, 5.74) is 5.25. The number of carbonyl (C=O) groups excluding carboxylic acids is 1. The third kappa shape index (κ3) is 2.79. The molecule has 6 heteroatoms. The van der Waals surface area contributed by atoms with E-state index >= 15 is 0 Å². The van der Waals surface area contributed by atoms with Crippen molar-refractivity contribution in [3.05, 3.63) is 76.4 Å². The zero-order valence-electron chi connectivity index (χ0n) is 15.3. The summed E-state index contributed by atoms with van der Waals surface area (Å²) >= 11 is 0. The van der Waals surface area contributed by atoms with Gasteiger partial charge in [0.1, 0.15) is 5.82 Å². The van der Waals surface area contributed by atoms with Gasteiger partial charge in [0.05, 0.1) is 11.1 Å². The molecule has 0 radical (unpaired) electrons. The molecule has 2 heterocycles. The maximum absolute atomic E-state index is 13.3. The van der Waals surface area contributed by atoms with Crippen molar-refractivity contribution in [2.45, 2.75) is 13.8 Å². The van der Waals surface area contributed by atoms with Crippen LogP contribution in [0.15, 0.2) is 42.5 Å². The smallest absolute Gasteiger partial charge is 0.337 e. The summed E-state index contributed by atoms with van der Waals surface area (Å²) in [6, 6.07) is 11.6. The SMILES string of the molecule is Cc1[nH]c(/C=C2\C(=O)Nc3cccc(-c4ccc(F)cc4)c32)c(C)c1C(=O)O. The molecule has 3 N–H and O–H groups in total. The van der Waals surface area contributed by atoms with Crippen LogP contribution in [0.1, 0.15) is 32.9 Å². The van der Waals surface area contributed by atoms with E-state index in [9.17, 15) is 19.1 Å². The van der Waals surface area contributed by atoms with Crippen molar-refractivity contribution in [3.63, 3.8) is 0 Å². The number of anilines is 1. The Bertz CT molecular complexity index is 1160. The lowest BCUT2D eigenvalue weighted by atomic mass is 9.94. The van der Waals surface area contributed by atoms with Gasteiger partial charge in [-0.05, 0) is 54.8 Å². The number of carboxylic acid groups (broad SMARTS) is 1. The van der Waals surface area contributed by atoms with Crippen LogP contribution in [0.5, 0.6) is 0 Å². The van der Waals surface area contributed by atoms with Gasteiger partial charge < -0.3 is 15.4 Å². The predicted octanol–water partition coefficient (Wildman–Crippen LogP) is 4.63. The molecule has 0 atom stereocenters. The highest BCUT2D eigenvalue weighted by atomic mass is 19.1. The molecular formula is C22H17FN2O3.